The lowest BCUT2D eigenvalue weighted by Crippen LogP contribution is -2.66. The number of aliphatic carboxylic acids is 2. The van der Waals surface area contributed by atoms with Crippen molar-refractivity contribution >= 4 is 23.3 Å². The highest BCUT2D eigenvalue weighted by atomic mass is 16.6. The number of hydrogen-bond donors (Lipinski definition) is 0. The number of rotatable bonds is 4. The molecule has 0 bridgehead atoms. The maximum absolute atomic E-state index is 11.5. The van der Waals surface area contributed by atoms with Crippen molar-refractivity contribution in [1.29, 1.82) is 0 Å². The van der Waals surface area contributed by atoms with E-state index >= 15 is 0 Å². The molecular formula is C14H14N2O6-2. The maximum Gasteiger partial charge on any atom is 0.269 e. The molecule has 8 heteroatoms. The Balaban J connectivity index is 2.67. The SMILES string of the molecule is CCN1c2ccc([N+](=O)[O-])cc2CC(C(=O)[O-])(C(=O)[O-])[C@H]1C. The molecule has 0 N–H and O–H groups in total. The average molecular weight is 306 g/mol. The van der Waals surface area contributed by atoms with Gasteiger partial charge in [0.15, 0.2) is 0 Å². The third kappa shape index (κ3) is 2.07. The van der Waals surface area contributed by atoms with Crippen LogP contribution < -0.4 is 15.1 Å². The summed E-state index contributed by atoms with van der Waals surface area (Å²) in [6, 6.07) is 3.10. The van der Waals surface area contributed by atoms with Gasteiger partial charge in [0.1, 0.15) is 0 Å². The van der Waals surface area contributed by atoms with Crippen LogP contribution in [0.25, 0.3) is 0 Å². The topological polar surface area (TPSA) is 127 Å². The fourth-order valence-corrected chi connectivity index (χ4v) is 3.04. The molecule has 0 amide bonds. The summed E-state index contributed by atoms with van der Waals surface area (Å²) in [5, 5.41) is 33.9. The number of carbonyl (C=O) groups excluding carboxylic acids is 2. The molecule has 8 nitrogen and oxygen atoms in total. The van der Waals surface area contributed by atoms with Gasteiger partial charge < -0.3 is 24.7 Å². The minimum absolute atomic E-state index is 0.227. The van der Waals surface area contributed by atoms with Crippen LogP contribution in [-0.4, -0.2) is 29.4 Å². The van der Waals surface area contributed by atoms with Crippen molar-refractivity contribution < 1.29 is 24.7 Å². The van der Waals surface area contributed by atoms with Gasteiger partial charge in [-0.15, -0.1) is 0 Å². The quantitative estimate of drug-likeness (QED) is 0.390. The molecule has 118 valence electrons. The van der Waals surface area contributed by atoms with E-state index in [2.05, 4.69) is 0 Å². The van der Waals surface area contributed by atoms with E-state index in [4.69, 9.17) is 0 Å². The predicted octanol–water partition coefficient (Wildman–Crippen LogP) is -1.15. The van der Waals surface area contributed by atoms with Gasteiger partial charge in [0.05, 0.1) is 22.3 Å². The van der Waals surface area contributed by atoms with Crippen LogP contribution in [-0.2, 0) is 16.0 Å². The molecule has 0 spiro atoms. The zero-order valence-electron chi connectivity index (χ0n) is 12.1. The number of carboxylic acid groups (broad SMARTS) is 2. The molecule has 0 saturated heterocycles. The lowest BCUT2D eigenvalue weighted by Gasteiger charge is -2.50. The van der Waals surface area contributed by atoms with Gasteiger partial charge in [0, 0.05) is 30.4 Å². The van der Waals surface area contributed by atoms with Crippen LogP contribution in [0.4, 0.5) is 11.4 Å². The summed E-state index contributed by atoms with van der Waals surface area (Å²) in [4.78, 5) is 34.9. The number of hydrogen-bond acceptors (Lipinski definition) is 7. The number of nitro groups is 1. The van der Waals surface area contributed by atoms with Crippen LogP contribution in [0.2, 0.25) is 0 Å². The highest BCUT2D eigenvalue weighted by Gasteiger charge is 2.46. The van der Waals surface area contributed by atoms with Crippen LogP contribution in [0.15, 0.2) is 18.2 Å². The minimum Gasteiger partial charge on any atom is -0.549 e. The number of carboxylic acids is 2. The number of carbonyl (C=O) groups is 2. The first-order valence-electron chi connectivity index (χ1n) is 6.72. The van der Waals surface area contributed by atoms with Gasteiger partial charge in [-0.2, -0.15) is 0 Å². The van der Waals surface area contributed by atoms with Crippen LogP contribution in [0, 0.1) is 15.5 Å². The van der Waals surface area contributed by atoms with Gasteiger partial charge in [-0.25, -0.2) is 0 Å². The second-order valence-electron chi connectivity index (χ2n) is 5.26. The minimum atomic E-state index is -2.25. The molecular weight excluding hydrogens is 292 g/mol. The Morgan fingerprint density at radius 2 is 1.95 bits per heavy atom. The second kappa shape index (κ2) is 5.28. The Hall–Kier alpha value is -2.64. The largest absolute Gasteiger partial charge is 0.549 e. The molecule has 1 aromatic rings. The first-order valence-corrected chi connectivity index (χ1v) is 6.72. The number of nitro benzene ring substituents is 1. The van der Waals surface area contributed by atoms with Crippen molar-refractivity contribution in [3.63, 3.8) is 0 Å². The summed E-state index contributed by atoms with van der Waals surface area (Å²) >= 11 is 0. The van der Waals surface area contributed by atoms with Crippen LogP contribution in [0.3, 0.4) is 0 Å². The molecule has 2 rings (SSSR count). The summed E-state index contributed by atoms with van der Waals surface area (Å²) < 4.78 is 0. The van der Waals surface area contributed by atoms with Crippen molar-refractivity contribution in [2.24, 2.45) is 5.41 Å². The molecule has 22 heavy (non-hydrogen) atoms. The van der Waals surface area contributed by atoms with Crippen molar-refractivity contribution in [2.45, 2.75) is 26.3 Å². The Bertz CT molecular complexity index is 643. The smallest absolute Gasteiger partial charge is 0.269 e. The first-order chi connectivity index (χ1) is 10.3. The lowest BCUT2D eigenvalue weighted by molar-refractivity contribution is -0.385. The first kappa shape index (κ1) is 15.7. The van der Waals surface area contributed by atoms with Gasteiger partial charge in [-0.3, -0.25) is 10.1 Å². The summed E-state index contributed by atoms with van der Waals surface area (Å²) in [6.45, 7) is 3.55. The summed E-state index contributed by atoms with van der Waals surface area (Å²) in [5.74, 6) is -3.51. The van der Waals surface area contributed by atoms with E-state index in [0.717, 1.165) is 0 Å². The Labute approximate surface area is 126 Å². The fraction of sp³-hybridized carbons (Fsp3) is 0.429. The van der Waals surface area contributed by atoms with E-state index in [-0.39, 0.29) is 11.3 Å². The second-order valence-corrected chi connectivity index (χ2v) is 5.26. The Morgan fingerprint density at radius 1 is 1.36 bits per heavy atom. The molecule has 1 heterocycles. The number of nitrogens with zero attached hydrogens (tertiary/aromatic N) is 2. The standard InChI is InChI=1S/C14H16N2O6/c1-3-15-8(2)14(12(17)18,13(19)20)7-9-6-10(16(21)22)4-5-11(9)15/h4-6,8H,3,7H2,1-2H3,(H,17,18)(H,19,20)/p-2/t8-/m1/s1. The van der Waals surface area contributed by atoms with Crippen molar-refractivity contribution in [3.05, 3.63) is 33.9 Å². The van der Waals surface area contributed by atoms with Gasteiger partial charge in [0.2, 0.25) is 0 Å². The molecule has 1 atom stereocenters. The van der Waals surface area contributed by atoms with Crippen LogP contribution in [0.5, 0.6) is 0 Å². The van der Waals surface area contributed by atoms with Crippen LogP contribution >= 0.6 is 0 Å². The number of anilines is 1. The van der Waals surface area contributed by atoms with E-state index in [1.54, 1.807) is 11.8 Å². The van der Waals surface area contributed by atoms with Crippen molar-refractivity contribution in [3.8, 4) is 0 Å². The molecule has 0 aromatic heterocycles. The zero-order valence-corrected chi connectivity index (χ0v) is 12.1. The average Bonchev–Trinajstić information content (AvgIpc) is 2.45. The molecule has 0 unspecified atom stereocenters. The third-order valence-electron chi connectivity index (χ3n) is 4.30. The molecule has 1 aliphatic rings. The fourth-order valence-electron chi connectivity index (χ4n) is 3.04. The summed E-state index contributed by atoms with van der Waals surface area (Å²) in [7, 11) is 0. The maximum atomic E-state index is 11.5. The normalized spacial score (nSPS) is 19.4. The van der Waals surface area contributed by atoms with Crippen molar-refractivity contribution in [1.82, 2.24) is 0 Å². The monoisotopic (exact) mass is 306 g/mol. The summed E-state index contributed by atoms with van der Waals surface area (Å²) in [6.07, 6.45) is -0.410. The predicted molar refractivity (Wildman–Crippen MR) is 71.7 cm³/mol. The zero-order chi connectivity index (χ0) is 16.7. The van der Waals surface area contributed by atoms with E-state index in [9.17, 15) is 29.9 Å². The van der Waals surface area contributed by atoms with Crippen molar-refractivity contribution in [2.75, 3.05) is 11.4 Å². The Morgan fingerprint density at radius 3 is 2.41 bits per heavy atom. The Kier molecular flexibility index (Phi) is 3.78. The highest BCUT2D eigenvalue weighted by molar-refractivity contribution is 5.99. The van der Waals surface area contributed by atoms with E-state index < -0.39 is 34.7 Å². The van der Waals surface area contributed by atoms with Gasteiger partial charge in [0.25, 0.3) is 5.69 Å². The van der Waals surface area contributed by atoms with Gasteiger partial charge in [-0.05, 0) is 31.9 Å². The number of fused-ring (bicyclic) bond motifs is 1. The lowest BCUT2D eigenvalue weighted by atomic mass is 9.71. The third-order valence-corrected chi connectivity index (χ3v) is 4.30. The van der Waals surface area contributed by atoms with E-state index in [0.29, 0.717) is 12.2 Å². The molecule has 0 aliphatic carbocycles. The molecule has 1 aliphatic heterocycles. The highest BCUT2D eigenvalue weighted by Crippen LogP contribution is 2.42. The molecule has 0 saturated carbocycles. The van der Waals surface area contributed by atoms with Crippen LogP contribution in [0.1, 0.15) is 19.4 Å². The van der Waals surface area contributed by atoms with Gasteiger partial charge in [-0.1, -0.05) is 0 Å². The molecule has 1 aromatic carbocycles. The molecule has 0 radical (unpaired) electrons. The summed E-state index contributed by atoms with van der Waals surface area (Å²) in [5.41, 5.74) is -1.62. The number of non-ortho nitro benzene ring substituents is 1. The van der Waals surface area contributed by atoms with E-state index in [1.807, 2.05) is 0 Å². The van der Waals surface area contributed by atoms with E-state index in [1.165, 1.54) is 25.1 Å². The van der Waals surface area contributed by atoms with Gasteiger partial charge >= 0.3 is 0 Å². The number of benzene rings is 1. The molecule has 0 fully saturated rings.